The van der Waals surface area contributed by atoms with E-state index in [1.54, 1.807) is 23.1 Å². The first-order chi connectivity index (χ1) is 14.6. The molecule has 1 saturated heterocycles. The Morgan fingerprint density at radius 1 is 1.00 bits per heavy atom. The largest absolute Gasteiger partial charge is 0.341 e. The van der Waals surface area contributed by atoms with Crippen molar-refractivity contribution < 1.29 is 18.0 Å². The number of carbonyl (C=O) groups is 2. The van der Waals surface area contributed by atoms with Gasteiger partial charge in [-0.3, -0.25) is 9.59 Å². The van der Waals surface area contributed by atoms with E-state index in [-0.39, 0.29) is 21.9 Å². The zero-order valence-corrected chi connectivity index (χ0v) is 18.5. The quantitative estimate of drug-likeness (QED) is 0.739. The van der Waals surface area contributed by atoms with Crippen molar-refractivity contribution >= 4 is 33.2 Å². The van der Waals surface area contributed by atoms with Crippen molar-refractivity contribution in [2.45, 2.75) is 38.1 Å². The van der Waals surface area contributed by atoms with Gasteiger partial charge in [0, 0.05) is 13.0 Å². The number of ketones is 1. The third kappa shape index (κ3) is 4.12. The molecule has 2 aromatic rings. The van der Waals surface area contributed by atoms with Crippen LogP contribution in [0.3, 0.4) is 0 Å². The molecule has 1 unspecified atom stereocenters. The Bertz CT molecular complexity index is 1170. The molecular weight excluding hydrogens is 414 g/mol. The average Bonchev–Trinajstić information content (AvgIpc) is 2.91. The number of amidine groups is 1. The summed E-state index contributed by atoms with van der Waals surface area (Å²) in [6.07, 6.45) is 0.370. The first-order valence-electron chi connectivity index (χ1n) is 10.2. The summed E-state index contributed by atoms with van der Waals surface area (Å²) in [5.74, 6) is -2.14. The highest BCUT2D eigenvalue weighted by molar-refractivity contribution is 7.90. The summed E-state index contributed by atoms with van der Waals surface area (Å²) in [4.78, 5) is 28.5. The number of carbonyl (C=O) groups excluding carboxylic acids is 2. The van der Waals surface area contributed by atoms with Gasteiger partial charge in [-0.2, -0.15) is 8.42 Å². The van der Waals surface area contributed by atoms with Crippen LogP contribution in [0.25, 0.3) is 0 Å². The van der Waals surface area contributed by atoms with E-state index < -0.39 is 27.9 Å². The smallest absolute Gasteiger partial charge is 0.286 e. The molecule has 0 radical (unpaired) electrons. The lowest BCUT2D eigenvalue weighted by Crippen LogP contribution is -2.42. The Kier molecular flexibility index (Phi) is 5.21. The normalized spacial score (nSPS) is 22.7. The summed E-state index contributed by atoms with van der Waals surface area (Å²) in [6, 6.07) is 15.1. The first kappa shape index (κ1) is 21.2. The van der Waals surface area contributed by atoms with Crippen molar-refractivity contribution in [1.82, 2.24) is 4.90 Å². The molecule has 0 aromatic heterocycles. The van der Waals surface area contributed by atoms with Gasteiger partial charge in [-0.25, -0.2) is 0 Å². The number of anilines is 1. The van der Waals surface area contributed by atoms with Gasteiger partial charge in [0.15, 0.2) is 11.7 Å². The predicted octanol–water partition coefficient (Wildman–Crippen LogP) is 2.88. The van der Waals surface area contributed by atoms with Gasteiger partial charge >= 0.3 is 0 Å². The lowest BCUT2D eigenvalue weighted by Gasteiger charge is -2.30. The van der Waals surface area contributed by atoms with Gasteiger partial charge in [-0.1, -0.05) is 63.2 Å². The van der Waals surface area contributed by atoms with E-state index in [1.807, 2.05) is 51.1 Å². The third-order valence-corrected chi connectivity index (χ3v) is 6.70. The van der Waals surface area contributed by atoms with Crippen molar-refractivity contribution in [1.29, 1.82) is 0 Å². The Morgan fingerprint density at radius 3 is 2.32 bits per heavy atom. The summed E-state index contributed by atoms with van der Waals surface area (Å²) >= 11 is 0. The van der Waals surface area contributed by atoms with Crippen molar-refractivity contribution in [3.05, 3.63) is 60.2 Å². The number of likely N-dealkylation sites (tertiary alicyclic amines) is 1. The average molecular weight is 440 g/mol. The molecule has 0 aliphatic carbocycles. The number of hydrogen-bond donors (Lipinski definition) is 1. The topological polar surface area (TPSA) is 95.9 Å². The van der Waals surface area contributed by atoms with Crippen LogP contribution in [0.5, 0.6) is 0 Å². The summed E-state index contributed by atoms with van der Waals surface area (Å²) in [5.41, 5.74) is 1.02. The number of fused-ring (bicyclic) bond motifs is 1. The second kappa shape index (κ2) is 7.60. The van der Waals surface area contributed by atoms with Gasteiger partial charge in [0.1, 0.15) is 10.7 Å². The molecule has 162 valence electrons. The third-order valence-electron chi connectivity index (χ3n) is 5.36. The van der Waals surface area contributed by atoms with Crippen LogP contribution in [0.15, 0.2) is 63.9 Å². The molecule has 2 aliphatic heterocycles. The number of amides is 1. The van der Waals surface area contributed by atoms with Crippen LogP contribution in [0.2, 0.25) is 0 Å². The number of rotatable bonds is 4. The zero-order valence-electron chi connectivity index (χ0n) is 17.7. The van der Waals surface area contributed by atoms with Gasteiger partial charge in [-0.15, -0.1) is 4.40 Å². The van der Waals surface area contributed by atoms with E-state index in [0.29, 0.717) is 18.7 Å². The fraction of sp³-hybridized carbons (Fsp3) is 0.348. The molecule has 2 atom stereocenters. The fourth-order valence-corrected chi connectivity index (χ4v) is 5.20. The van der Waals surface area contributed by atoms with Crippen LogP contribution < -0.4 is 5.32 Å². The number of nitrogens with one attached hydrogen (secondary N) is 1. The second-order valence-corrected chi connectivity index (χ2v) is 10.7. The summed E-state index contributed by atoms with van der Waals surface area (Å²) in [5, 5.41) is 2.93. The molecule has 1 amide bonds. The maximum Gasteiger partial charge on any atom is 0.286 e. The zero-order chi connectivity index (χ0) is 22.4. The number of hydrogen-bond acceptors (Lipinski definition) is 5. The minimum Gasteiger partial charge on any atom is -0.341 e. The van der Waals surface area contributed by atoms with Crippen LogP contribution in [0, 0.1) is 11.3 Å². The summed E-state index contributed by atoms with van der Waals surface area (Å²) in [6.45, 7) is 6.36. The number of Topliss-reactive ketones (excluding diaryl/α,β-unsaturated/α-hetero) is 1. The number of benzene rings is 2. The molecule has 2 aromatic carbocycles. The standard InChI is InChI=1S/C23H25N3O4S/c1-23(2,3)14-26-17(13-15-9-5-4-6-10-15)20(27)19(22(26)28)21-24-16-11-7-8-12-18(16)31(29,30)25-21/h4-12,17,19H,13-14H2,1-3H3,(H,24,25)/t17-,19?/m0/s1. The monoisotopic (exact) mass is 439 g/mol. The minimum absolute atomic E-state index is 0.0315. The van der Waals surface area contributed by atoms with Crippen LogP contribution >= 0.6 is 0 Å². The highest BCUT2D eigenvalue weighted by Gasteiger charge is 2.51. The number of sulfonamides is 1. The van der Waals surface area contributed by atoms with E-state index in [2.05, 4.69) is 9.71 Å². The highest BCUT2D eigenvalue weighted by atomic mass is 32.2. The van der Waals surface area contributed by atoms with Crippen molar-refractivity contribution in [3.63, 3.8) is 0 Å². The van der Waals surface area contributed by atoms with E-state index in [4.69, 9.17) is 0 Å². The Morgan fingerprint density at radius 2 is 1.65 bits per heavy atom. The molecule has 2 aliphatic rings. The van der Waals surface area contributed by atoms with Crippen molar-refractivity contribution in [2.75, 3.05) is 11.9 Å². The Balaban J connectivity index is 1.73. The van der Waals surface area contributed by atoms with Gasteiger partial charge in [0.2, 0.25) is 5.91 Å². The maximum atomic E-state index is 13.5. The molecule has 1 N–H and O–H groups in total. The van der Waals surface area contributed by atoms with Gasteiger partial charge in [0.05, 0.1) is 11.7 Å². The Labute approximate surface area is 182 Å². The van der Waals surface area contributed by atoms with Crippen molar-refractivity contribution in [3.8, 4) is 0 Å². The predicted molar refractivity (Wildman–Crippen MR) is 118 cm³/mol. The van der Waals surface area contributed by atoms with Gasteiger partial charge < -0.3 is 10.2 Å². The molecule has 8 heteroatoms. The molecule has 0 bridgehead atoms. The molecule has 1 fully saturated rings. The molecule has 31 heavy (non-hydrogen) atoms. The summed E-state index contributed by atoms with van der Waals surface area (Å²) in [7, 11) is -4.00. The first-order valence-corrected chi connectivity index (χ1v) is 11.6. The highest BCUT2D eigenvalue weighted by Crippen LogP contribution is 2.33. The maximum absolute atomic E-state index is 13.5. The molecule has 0 spiro atoms. The van der Waals surface area contributed by atoms with Crippen LogP contribution in [-0.4, -0.2) is 43.4 Å². The SMILES string of the molecule is CC(C)(C)CN1C(=O)C(C2=NS(=O)(=O)c3ccccc3N2)C(=O)[C@@H]1Cc1ccccc1. The summed E-state index contributed by atoms with van der Waals surface area (Å²) < 4.78 is 29.2. The molecular formula is C23H25N3O4S. The minimum atomic E-state index is -4.00. The van der Waals surface area contributed by atoms with E-state index in [9.17, 15) is 18.0 Å². The van der Waals surface area contributed by atoms with E-state index in [0.717, 1.165) is 5.56 Å². The van der Waals surface area contributed by atoms with E-state index in [1.165, 1.54) is 6.07 Å². The van der Waals surface area contributed by atoms with Crippen molar-refractivity contribution in [2.24, 2.45) is 15.7 Å². The molecule has 4 rings (SSSR count). The number of para-hydroxylation sites is 1. The number of nitrogens with zero attached hydrogens (tertiary/aromatic N) is 2. The van der Waals surface area contributed by atoms with Gasteiger partial charge in [0.25, 0.3) is 10.0 Å². The molecule has 2 heterocycles. The lowest BCUT2D eigenvalue weighted by atomic mass is 9.94. The molecule has 0 saturated carbocycles. The van der Waals surface area contributed by atoms with E-state index >= 15 is 0 Å². The van der Waals surface area contributed by atoms with Gasteiger partial charge in [-0.05, 0) is 23.1 Å². The Hall–Kier alpha value is -3.00. The fourth-order valence-electron chi connectivity index (χ4n) is 4.05. The molecule has 7 nitrogen and oxygen atoms in total. The lowest BCUT2D eigenvalue weighted by molar-refractivity contribution is -0.131. The second-order valence-electron chi connectivity index (χ2n) is 9.14. The van der Waals surface area contributed by atoms with Crippen LogP contribution in [-0.2, 0) is 26.0 Å². The van der Waals surface area contributed by atoms with Crippen LogP contribution in [0.4, 0.5) is 5.69 Å². The van der Waals surface area contributed by atoms with Crippen LogP contribution in [0.1, 0.15) is 26.3 Å².